The number of amides is 1. The van der Waals surface area contributed by atoms with Gasteiger partial charge in [-0.25, -0.2) is 9.97 Å². The fraction of sp³-hybridized carbons (Fsp3) is 0.300. The lowest BCUT2D eigenvalue weighted by Crippen LogP contribution is -2.23. The van der Waals surface area contributed by atoms with E-state index in [2.05, 4.69) is 15.3 Å². The smallest absolute Gasteiger partial charge is 0.271 e. The van der Waals surface area contributed by atoms with E-state index >= 15 is 0 Å². The number of nitrogens with one attached hydrogen (secondary N) is 1. The molecular formula is C10H11N3OS2. The number of nitrogens with zero attached hydrogens (tertiary/aromatic N) is 2. The summed E-state index contributed by atoms with van der Waals surface area (Å²) in [6, 6.07) is 0. The predicted molar refractivity (Wildman–Crippen MR) is 64.9 cm³/mol. The van der Waals surface area contributed by atoms with Crippen molar-refractivity contribution >= 4 is 28.6 Å². The van der Waals surface area contributed by atoms with Crippen molar-refractivity contribution in [3.63, 3.8) is 0 Å². The summed E-state index contributed by atoms with van der Waals surface area (Å²) in [6.45, 7) is 4.28. The van der Waals surface area contributed by atoms with Crippen molar-refractivity contribution in [1.29, 1.82) is 0 Å². The largest absolute Gasteiger partial charge is 0.344 e. The van der Waals surface area contributed by atoms with Crippen LogP contribution in [0.5, 0.6) is 0 Å². The normalized spacial score (nSPS) is 10.4. The van der Waals surface area contributed by atoms with E-state index in [4.69, 9.17) is 0 Å². The first-order chi connectivity index (χ1) is 7.65. The van der Waals surface area contributed by atoms with Crippen LogP contribution in [0.2, 0.25) is 0 Å². The van der Waals surface area contributed by atoms with E-state index < -0.39 is 0 Å². The third-order valence-electron chi connectivity index (χ3n) is 1.92. The molecule has 0 unspecified atom stereocenters. The number of thiazole rings is 2. The van der Waals surface area contributed by atoms with Crippen LogP contribution in [0.15, 0.2) is 10.8 Å². The Kier molecular flexibility index (Phi) is 3.31. The Morgan fingerprint density at radius 2 is 2.12 bits per heavy atom. The Morgan fingerprint density at radius 1 is 1.31 bits per heavy atom. The number of hydrogen-bond donors (Lipinski definition) is 1. The molecule has 2 heterocycles. The van der Waals surface area contributed by atoms with Crippen LogP contribution < -0.4 is 5.32 Å². The Labute approximate surface area is 101 Å². The summed E-state index contributed by atoms with van der Waals surface area (Å²) in [6.07, 6.45) is 0. The second-order valence-electron chi connectivity index (χ2n) is 3.32. The number of hydrogen-bond acceptors (Lipinski definition) is 5. The van der Waals surface area contributed by atoms with Crippen LogP contribution in [-0.2, 0) is 6.54 Å². The summed E-state index contributed by atoms with van der Waals surface area (Å²) in [7, 11) is 0. The van der Waals surface area contributed by atoms with Gasteiger partial charge in [-0.05, 0) is 13.8 Å². The summed E-state index contributed by atoms with van der Waals surface area (Å²) in [5, 5.41) is 8.34. The molecule has 2 rings (SSSR count). The monoisotopic (exact) mass is 253 g/mol. The van der Waals surface area contributed by atoms with Gasteiger partial charge in [-0.15, -0.1) is 22.7 Å². The highest BCUT2D eigenvalue weighted by Gasteiger charge is 2.09. The molecule has 4 nitrogen and oxygen atoms in total. The van der Waals surface area contributed by atoms with Crippen LogP contribution in [0.1, 0.15) is 26.2 Å². The zero-order chi connectivity index (χ0) is 11.5. The van der Waals surface area contributed by atoms with Crippen LogP contribution in [0.4, 0.5) is 0 Å². The molecule has 0 spiro atoms. The molecule has 0 aromatic carbocycles. The van der Waals surface area contributed by atoms with E-state index in [1.54, 1.807) is 16.7 Å². The van der Waals surface area contributed by atoms with Crippen molar-refractivity contribution in [2.75, 3.05) is 0 Å². The summed E-state index contributed by atoms with van der Waals surface area (Å²) >= 11 is 3.02. The van der Waals surface area contributed by atoms with E-state index in [1.165, 1.54) is 11.3 Å². The number of carbonyl (C=O) groups excluding carboxylic acids is 1. The minimum absolute atomic E-state index is 0.141. The molecule has 1 amide bonds. The fourth-order valence-corrected chi connectivity index (χ4v) is 2.50. The molecule has 0 fully saturated rings. The van der Waals surface area contributed by atoms with E-state index in [9.17, 15) is 4.79 Å². The van der Waals surface area contributed by atoms with Crippen LogP contribution in [-0.4, -0.2) is 15.9 Å². The van der Waals surface area contributed by atoms with Crippen LogP contribution >= 0.6 is 22.7 Å². The zero-order valence-electron chi connectivity index (χ0n) is 8.98. The van der Waals surface area contributed by atoms with Crippen molar-refractivity contribution in [3.8, 4) is 0 Å². The van der Waals surface area contributed by atoms with Gasteiger partial charge < -0.3 is 5.32 Å². The molecule has 84 valence electrons. The van der Waals surface area contributed by atoms with Gasteiger partial charge in [-0.1, -0.05) is 0 Å². The molecule has 6 heteroatoms. The van der Waals surface area contributed by atoms with Crippen LogP contribution in [0.25, 0.3) is 0 Å². The molecule has 0 atom stereocenters. The highest BCUT2D eigenvalue weighted by atomic mass is 32.1. The van der Waals surface area contributed by atoms with Gasteiger partial charge in [0, 0.05) is 16.5 Å². The number of carbonyl (C=O) groups is 1. The van der Waals surface area contributed by atoms with Crippen molar-refractivity contribution in [2.45, 2.75) is 20.4 Å². The molecule has 0 aliphatic heterocycles. The van der Waals surface area contributed by atoms with Crippen molar-refractivity contribution in [1.82, 2.24) is 15.3 Å². The highest BCUT2D eigenvalue weighted by molar-refractivity contribution is 7.10. The summed E-state index contributed by atoms with van der Waals surface area (Å²) in [5.74, 6) is -0.141. The van der Waals surface area contributed by atoms with E-state index in [0.29, 0.717) is 12.2 Å². The molecule has 0 saturated heterocycles. The van der Waals surface area contributed by atoms with Gasteiger partial charge in [-0.2, -0.15) is 0 Å². The molecule has 0 radical (unpaired) electrons. The van der Waals surface area contributed by atoms with Crippen LogP contribution in [0.3, 0.4) is 0 Å². The number of aromatic nitrogens is 2. The average Bonchev–Trinajstić information content (AvgIpc) is 2.84. The molecule has 0 saturated carbocycles. The molecule has 0 aliphatic rings. The average molecular weight is 253 g/mol. The van der Waals surface area contributed by atoms with Gasteiger partial charge in [0.05, 0.1) is 11.6 Å². The topological polar surface area (TPSA) is 54.9 Å². The maximum Gasteiger partial charge on any atom is 0.271 e. The maximum absolute atomic E-state index is 11.6. The maximum atomic E-state index is 11.6. The fourth-order valence-electron chi connectivity index (χ4n) is 1.20. The Balaban J connectivity index is 1.93. The van der Waals surface area contributed by atoms with E-state index in [-0.39, 0.29) is 5.91 Å². The lowest BCUT2D eigenvalue weighted by molar-refractivity contribution is 0.0946. The SMILES string of the molecule is Cc1csc(CNC(=O)c2csc(C)n2)n1. The molecule has 2 aromatic heterocycles. The van der Waals surface area contributed by atoms with Crippen molar-refractivity contribution in [2.24, 2.45) is 0 Å². The second-order valence-corrected chi connectivity index (χ2v) is 5.32. The second kappa shape index (κ2) is 4.71. The molecule has 0 bridgehead atoms. The molecule has 2 aromatic rings. The lowest BCUT2D eigenvalue weighted by Gasteiger charge is -1.99. The van der Waals surface area contributed by atoms with E-state index in [0.717, 1.165) is 15.7 Å². The third kappa shape index (κ3) is 2.65. The van der Waals surface area contributed by atoms with E-state index in [1.807, 2.05) is 19.2 Å². The molecule has 16 heavy (non-hydrogen) atoms. The molecular weight excluding hydrogens is 242 g/mol. The third-order valence-corrected chi connectivity index (χ3v) is 3.66. The standard InChI is InChI=1S/C10H11N3OS2/c1-6-4-16-9(12-6)3-11-10(14)8-5-15-7(2)13-8/h4-5H,3H2,1-2H3,(H,11,14). The van der Waals surface area contributed by atoms with Crippen molar-refractivity contribution < 1.29 is 4.79 Å². The first-order valence-corrected chi connectivity index (χ1v) is 6.52. The van der Waals surface area contributed by atoms with Crippen LogP contribution in [0, 0.1) is 13.8 Å². The first kappa shape index (κ1) is 11.2. The number of aryl methyl sites for hydroxylation is 2. The van der Waals surface area contributed by atoms with Gasteiger partial charge in [0.15, 0.2) is 0 Å². The summed E-state index contributed by atoms with van der Waals surface area (Å²) in [5.41, 5.74) is 1.47. The number of rotatable bonds is 3. The van der Waals surface area contributed by atoms with Gasteiger partial charge in [0.2, 0.25) is 0 Å². The Morgan fingerprint density at radius 3 is 2.69 bits per heavy atom. The van der Waals surface area contributed by atoms with Gasteiger partial charge in [0.25, 0.3) is 5.91 Å². The van der Waals surface area contributed by atoms with Gasteiger partial charge in [0.1, 0.15) is 10.7 Å². The quantitative estimate of drug-likeness (QED) is 0.912. The highest BCUT2D eigenvalue weighted by Crippen LogP contribution is 2.10. The minimum Gasteiger partial charge on any atom is -0.344 e. The first-order valence-electron chi connectivity index (χ1n) is 4.76. The predicted octanol–water partition coefficient (Wildman–Crippen LogP) is 2.15. The molecule has 1 N–H and O–H groups in total. The Bertz CT molecular complexity index is 504. The summed E-state index contributed by atoms with van der Waals surface area (Å²) < 4.78 is 0. The molecule has 0 aliphatic carbocycles. The van der Waals surface area contributed by atoms with Gasteiger partial charge in [-0.3, -0.25) is 4.79 Å². The summed E-state index contributed by atoms with van der Waals surface area (Å²) in [4.78, 5) is 20.0. The minimum atomic E-state index is -0.141. The van der Waals surface area contributed by atoms with Crippen molar-refractivity contribution in [3.05, 3.63) is 32.2 Å². The zero-order valence-corrected chi connectivity index (χ0v) is 10.6. The lowest BCUT2D eigenvalue weighted by atomic mass is 10.4. The van der Waals surface area contributed by atoms with Gasteiger partial charge >= 0.3 is 0 Å². The Hall–Kier alpha value is -1.27.